The number of amides is 2. The predicted octanol–water partition coefficient (Wildman–Crippen LogP) is 3.47. The molecule has 2 aliphatic rings. The summed E-state index contributed by atoms with van der Waals surface area (Å²) in [6.45, 7) is 1.90. The molecule has 4 rings (SSSR count). The Kier molecular flexibility index (Phi) is 6.45. The van der Waals surface area contributed by atoms with Gasteiger partial charge in [0.05, 0.1) is 16.8 Å². The van der Waals surface area contributed by atoms with Crippen LogP contribution in [0.3, 0.4) is 0 Å². The Balaban J connectivity index is 1.41. The highest BCUT2D eigenvalue weighted by molar-refractivity contribution is 6.30. The molecule has 0 spiro atoms. The number of fused-ring (bicyclic) bond motifs is 1. The van der Waals surface area contributed by atoms with E-state index in [9.17, 15) is 19.5 Å². The lowest BCUT2D eigenvalue weighted by Crippen LogP contribution is -2.49. The molecule has 1 saturated carbocycles. The topological polar surface area (TPSA) is 125 Å². The summed E-state index contributed by atoms with van der Waals surface area (Å²) in [4.78, 5) is 46.0. The highest BCUT2D eigenvalue weighted by Crippen LogP contribution is 2.30. The quantitative estimate of drug-likeness (QED) is 0.461. The van der Waals surface area contributed by atoms with Crippen LogP contribution in [-0.2, 0) is 4.79 Å². The van der Waals surface area contributed by atoms with Crippen molar-refractivity contribution in [1.82, 2.24) is 20.2 Å². The number of carboxylic acid groups (broad SMARTS) is 1. The van der Waals surface area contributed by atoms with Crippen LogP contribution < -0.4 is 10.6 Å². The first-order valence-corrected chi connectivity index (χ1v) is 11.2. The molecule has 2 amide bonds. The van der Waals surface area contributed by atoms with Gasteiger partial charge in [0.1, 0.15) is 16.7 Å². The number of hydrogen-bond donors (Lipinski definition) is 3. The van der Waals surface area contributed by atoms with Crippen LogP contribution in [0.25, 0.3) is 11.0 Å². The third kappa shape index (κ3) is 4.62. The Bertz CT molecular complexity index is 1050. The number of ketones is 1. The Hall–Kier alpha value is -2.94. The van der Waals surface area contributed by atoms with Gasteiger partial charge in [0.2, 0.25) is 5.91 Å². The minimum Gasteiger partial charge on any atom is -0.465 e. The molecule has 3 N–H and O–H groups in total. The SMILES string of the molecule is CC(=O)c1cnc2ccc(Cl)nc2c1N[C@H]1CC[C@H](NC(=O)C2CCCN2C(=O)O)CC1. The zero-order valence-electron chi connectivity index (χ0n) is 17.8. The molecular formula is C22H26ClN5O4. The maximum absolute atomic E-state index is 12.6. The molecule has 3 heterocycles. The van der Waals surface area contributed by atoms with Gasteiger partial charge in [-0.15, -0.1) is 0 Å². The van der Waals surface area contributed by atoms with E-state index < -0.39 is 12.1 Å². The smallest absolute Gasteiger partial charge is 0.407 e. The Labute approximate surface area is 190 Å². The molecule has 170 valence electrons. The fourth-order valence-corrected chi connectivity index (χ4v) is 4.75. The monoisotopic (exact) mass is 459 g/mol. The highest BCUT2D eigenvalue weighted by Gasteiger charge is 2.35. The number of hydrogen-bond acceptors (Lipinski definition) is 6. The number of carbonyl (C=O) groups excluding carboxylic acids is 2. The summed E-state index contributed by atoms with van der Waals surface area (Å²) in [5, 5.41) is 16.1. The predicted molar refractivity (Wildman–Crippen MR) is 120 cm³/mol. The van der Waals surface area contributed by atoms with Gasteiger partial charge >= 0.3 is 6.09 Å². The minimum absolute atomic E-state index is 0.00539. The van der Waals surface area contributed by atoms with Gasteiger partial charge in [-0.2, -0.15) is 0 Å². The van der Waals surface area contributed by atoms with E-state index >= 15 is 0 Å². The Morgan fingerprint density at radius 1 is 1.12 bits per heavy atom. The van der Waals surface area contributed by atoms with Crippen LogP contribution in [-0.4, -0.2) is 62.4 Å². The van der Waals surface area contributed by atoms with Crippen molar-refractivity contribution in [3.05, 3.63) is 29.0 Å². The zero-order chi connectivity index (χ0) is 22.8. The lowest BCUT2D eigenvalue weighted by atomic mass is 9.90. The summed E-state index contributed by atoms with van der Waals surface area (Å²) >= 11 is 6.08. The van der Waals surface area contributed by atoms with E-state index in [-0.39, 0.29) is 23.8 Å². The molecule has 0 radical (unpaired) electrons. The molecule has 32 heavy (non-hydrogen) atoms. The van der Waals surface area contributed by atoms with Gasteiger partial charge in [0.15, 0.2) is 5.78 Å². The van der Waals surface area contributed by atoms with Crippen molar-refractivity contribution in [3.8, 4) is 0 Å². The highest BCUT2D eigenvalue weighted by atomic mass is 35.5. The molecule has 10 heteroatoms. The van der Waals surface area contributed by atoms with Crippen LogP contribution in [0.5, 0.6) is 0 Å². The molecule has 9 nitrogen and oxygen atoms in total. The van der Waals surface area contributed by atoms with Crippen LogP contribution in [0.1, 0.15) is 55.8 Å². The first kappa shape index (κ1) is 22.3. The van der Waals surface area contributed by atoms with Crippen molar-refractivity contribution in [2.75, 3.05) is 11.9 Å². The average molecular weight is 460 g/mol. The van der Waals surface area contributed by atoms with Crippen molar-refractivity contribution in [1.29, 1.82) is 0 Å². The third-order valence-electron chi connectivity index (χ3n) is 6.28. The molecule has 0 aromatic carbocycles. The van der Waals surface area contributed by atoms with Gasteiger partial charge in [-0.25, -0.2) is 9.78 Å². The molecule has 1 unspecified atom stereocenters. The van der Waals surface area contributed by atoms with Crippen LogP contribution in [0.15, 0.2) is 18.3 Å². The number of aromatic nitrogens is 2. The van der Waals surface area contributed by atoms with Crippen LogP contribution in [0.4, 0.5) is 10.5 Å². The van der Waals surface area contributed by atoms with E-state index in [2.05, 4.69) is 20.6 Å². The fraction of sp³-hybridized carbons (Fsp3) is 0.500. The van der Waals surface area contributed by atoms with E-state index in [1.54, 1.807) is 18.3 Å². The largest absolute Gasteiger partial charge is 0.465 e. The van der Waals surface area contributed by atoms with Crippen molar-refractivity contribution < 1.29 is 19.5 Å². The number of halogens is 1. The summed E-state index contributed by atoms with van der Waals surface area (Å²) in [6.07, 6.45) is 4.89. The Morgan fingerprint density at radius 2 is 1.84 bits per heavy atom. The molecule has 1 aliphatic heterocycles. The molecule has 2 fully saturated rings. The number of likely N-dealkylation sites (tertiary alicyclic amines) is 1. The summed E-state index contributed by atoms with van der Waals surface area (Å²) in [5.74, 6) is -0.316. The van der Waals surface area contributed by atoms with E-state index in [1.165, 1.54) is 11.8 Å². The normalized spacial score (nSPS) is 23.2. The van der Waals surface area contributed by atoms with Crippen molar-refractivity contribution in [2.24, 2.45) is 0 Å². The third-order valence-corrected chi connectivity index (χ3v) is 6.49. The number of anilines is 1. The molecule has 1 saturated heterocycles. The van der Waals surface area contributed by atoms with Crippen molar-refractivity contribution >= 4 is 46.1 Å². The first-order chi connectivity index (χ1) is 15.3. The summed E-state index contributed by atoms with van der Waals surface area (Å²) in [5.41, 5.74) is 2.33. The first-order valence-electron chi connectivity index (χ1n) is 10.9. The standard InChI is InChI=1S/C22H26ClN5O4/c1-12(29)15-11-24-16-8-9-18(23)27-20(16)19(15)25-13-4-6-14(7-5-13)26-21(30)17-3-2-10-28(17)22(31)32/h8-9,11,13-14,17H,2-7,10H2,1H3,(H,24,25)(H,26,30)(H,31,32)/t13-,14-,17?. The summed E-state index contributed by atoms with van der Waals surface area (Å²) in [7, 11) is 0. The number of Topliss-reactive ketones (excluding diaryl/α,β-unsaturated/α-hetero) is 1. The molecule has 2 aromatic rings. The van der Waals surface area contributed by atoms with Gasteiger partial charge in [-0.1, -0.05) is 11.6 Å². The Morgan fingerprint density at radius 3 is 2.53 bits per heavy atom. The number of nitrogens with one attached hydrogen (secondary N) is 2. The van der Waals surface area contributed by atoms with Crippen LogP contribution in [0.2, 0.25) is 5.15 Å². The number of nitrogens with zero attached hydrogens (tertiary/aromatic N) is 3. The summed E-state index contributed by atoms with van der Waals surface area (Å²) < 4.78 is 0. The number of pyridine rings is 2. The van der Waals surface area contributed by atoms with Gasteiger partial charge in [-0.3, -0.25) is 19.5 Å². The second-order valence-electron chi connectivity index (χ2n) is 8.44. The molecule has 0 bridgehead atoms. The van der Waals surface area contributed by atoms with E-state index in [4.69, 9.17) is 11.6 Å². The van der Waals surface area contributed by atoms with Crippen LogP contribution >= 0.6 is 11.6 Å². The second-order valence-corrected chi connectivity index (χ2v) is 8.83. The van der Waals surface area contributed by atoms with Gasteiger partial charge < -0.3 is 15.7 Å². The van der Waals surface area contributed by atoms with Gasteiger partial charge in [-0.05, 0) is 57.6 Å². The molecule has 1 aliphatic carbocycles. The number of carbonyl (C=O) groups is 3. The second kappa shape index (κ2) is 9.28. The van der Waals surface area contributed by atoms with E-state index in [0.29, 0.717) is 46.8 Å². The average Bonchev–Trinajstić information content (AvgIpc) is 3.26. The van der Waals surface area contributed by atoms with E-state index in [0.717, 1.165) is 25.7 Å². The van der Waals surface area contributed by atoms with Gasteiger partial charge in [0.25, 0.3) is 0 Å². The molecule has 2 aromatic heterocycles. The van der Waals surface area contributed by atoms with E-state index in [1.807, 2.05) is 0 Å². The lowest BCUT2D eigenvalue weighted by molar-refractivity contribution is -0.125. The van der Waals surface area contributed by atoms with Crippen molar-refractivity contribution in [3.63, 3.8) is 0 Å². The minimum atomic E-state index is -1.05. The zero-order valence-corrected chi connectivity index (χ0v) is 18.6. The summed E-state index contributed by atoms with van der Waals surface area (Å²) in [6, 6.07) is 2.95. The fourth-order valence-electron chi connectivity index (χ4n) is 4.61. The maximum atomic E-state index is 12.6. The van der Waals surface area contributed by atoms with Gasteiger partial charge in [0, 0.05) is 24.8 Å². The number of rotatable bonds is 5. The lowest BCUT2D eigenvalue weighted by Gasteiger charge is -2.32. The van der Waals surface area contributed by atoms with Crippen molar-refractivity contribution in [2.45, 2.75) is 63.6 Å². The molecular weight excluding hydrogens is 434 g/mol. The maximum Gasteiger partial charge on any atom is 0.407 e. The van der Waals surface area contributed by atoms with Crippen LogP contribution in [0, 0.1) is 0 Å². The molecule has 1 atom stereocenters.